The van der Waals surface area contributed by atoms with E-state index in [0.29, 0.717) is 12.8 Å². The number of unbranched alkanes of at least 4 members (excludes halogenated alkanes) is 5. The Kier molecular flexibility index (Phi) is 11.2. The molecular formula is C16H18Cl2F12N2O2. The molecule has 202 valence electrons. The highest BCUT2D eigenvalue weighted by Gasteiger charge is 2.75. The number of halogens is 14. The molecule has 0 unspecified atom stereocenters. The van der Waals surface area contributed by atoms with Gasteiger partial charge in [0.1, 0.15) is 0 Å². The molecule has 0 atom stereocenters. The van der Waals surface area contributed by atoms with Crippen molar-refractivity contribution in [3.8, 4) is 0 Å². The van der Waals surface area contributed by atoms with Crippen molar-refractivity contribution in [1.82, 2.24) is 10.6 Å². The van der Waals surface area contributed by atoms with E-state index in [1.54, 1.807) is 0 Å². The van der Waals surface area contributed by atoms with Crippen LogP contribution in [-0.2, 0) is 9.59 Å². The zero-order chi connectivity index (χ0) is 27.2. The van der Waals surface area contributed by atoms with Gasteiger partial charge in [0, 0.05) is 13.1 Å². The van der Waals surface area contributed by atoms with E-state index in [2.05, 4.69) is 23.2 Å². The Balaban J connectivity index is 4.17. The maximum Gasteiger partial charge on any atom is 0.395 e. The Morgan fingerprint density at radius 2 is 0.735 bits per heavy atom. The summed E-state index contributed by atoms with van der Waals surface area (Å²) in [6, 6.07) is 0. The molecule has 0 aromatic carbocycles. The molecule has 0 aliphatic heterocycles. The molecule has 0 rings (SSSR count). The van der Waals surface area contributed by atoms with Crippen molar-refractivity contribution in [3.05, 3.63) is 0 Å². The summed E-state index contributed by atoms with van der Waals surface area (Å²) in [4.78, 5) is 22.2. The topological polar surface area (TPSA) is 58.2 Å². The predicted molar refractivity (Wildman–Crippen MR) is 95.1 cm³/mol. The van der Waals surface area contributed by atoms with Crippen molar-refractivity contribution < 1.29 is 62.3 Å². The van der Waals surface area contributed by atoms with Gasteiger partial charge in [0.15, 0.2) is 0 Å². The van der Waals surface area contributed by atoms with Crippen LogP contribution in [0.25, 0.3) is 0 Å². The smallest absolute Gasteiger partial charge is 0.351 e. The lowest BCUT2D eigenvalue weighted by Crippen LogP contribution is -2.59. The monoisotopic (exact) mass is 568 g/mol. The van der Waals surface area contributed by atoms with Gasteiger partial charge in [-0.15, -0.1) is 0 Å². The third kappa shape index (κ3) is 7.59. The Labute approximate surface area is 194 Å². The average molecular weight is 569 g/mol. The predicted octanol–water partition coefficient (Wildman–Crippen LogP) is 5.76. The van der Waals surface area contributed by atoms with Gasteiger partial charge in [-0.1, -0.05) is 25.7 Å². The molecule has 34 heavy (non-hydrogen) atoms. The molecule has 0 saturated heterocycles. The zero-order valence-corrected chi connectivity index (χ0v) is 18.3. The molecule has 2 amide bonds. The van der Waals surface area contributed by atoms with Crippen LogP contribution >= 0.6 is 23.2 Å². The van der Waals surface area contributed by atoms with Crippen LogP contribution in [0.2, 0.25) is 0 Å². The molecule has 2 N–H and O–H groups in total. The van der Waals surface area contributed by atoms with E-state index in [0.717, 1.165) is 0 Å². The summed E-state index contributed by atoms with van der Waals surface area (Å²) in [5, 5.41) is -8.65. The Morgan fingerprint density at radius 3 is 0.971 bits per heavy atom. The molecule has 0 heterocycles. The van der Waals surface area contributed by atoms with E-state index in [4.69, 9.17) is 0 Å². The highest BCUT2D eigenvalue weighted by molar-refractivity contribution is 6.23. The van der Waals surface area contributed by atoms with E-state index < -0.39 is 59.4 Å². The van der Waals surface area contributed by atoms with Gasteiger partial charge in [0.2, 0.25) is 0 Å². The van der Waals surface area contributed by atoms with Crippen molar-refractivity contribution in [3.63, 3.8) is 0 Å². The summed E-state index contributed by atoms with van der Waals surface area (Å²) in [7, 11) is 0. The summed E-state index contributed by atoms with van der Waals surface area (Å²) < 4.78 is 154. The molecular weight excluding hydrogens is 551 g/mol. The average Bonchev–Trinajstić information content (AvgIpc) is 2.66. The van der Waals surface area contributed by atoms with Gasteiger partial charge >= 0.3 is 34.5 Å². The number of alkyl halides is 14. The van der Waals surface area contributed by atoms with Crippen molar-refractivity contribution in [1.29, 1.82) is 0 Å². The summed E-state index contributed by atoms with van der Waals surface area (Å²) in [5.74, 6) is -29.2. The molecule has 4 nitrogen and oxygen atoms in total. The first-order chi connectivity index (χ1) is 15.0. The van der Waals surface area contributed by atoms with Crippen LogP contribution in [-0.4, -0.2) is 59.4 Å². The maximum absolute atomic E-state index is 13.2. The fourth-order valence-electron chi connectivity index (χ4n) is 2.22. The minimum Gasteiger partial charge on any atom is -0.351 e. The Bertz CT molecular complexity index is 638. The fourth-order valence-corrected chi connectivity index (χ4v) is 2.46. The number of carbonyl (C=O) groups is 2. The lowest BCUT2D eigenvalue weighted by molar-refractivity contribution is -0.269. The highest BCUT2D eigenvalue weighted by Crippen LogP contribution is 2.48. The third-order valence-corrected chi connectivity index (χ3v) is 4.72. The van der Waals surface area contributed by atoms with Gasteiger partial charge in [-0.3, -0.25) is 9.59 Å². The third-order valence-electron chi connectivity index (χ3n) is 4.25. The number of nitrogens with one attached hydrogen (secondary N) is 2. The molecule has 0 radical (unpaired) electrons. The molecule has 0 spiro atoms. The lowest BCUT2D eigenvalue weighted by Gasteiger charge is -2.28. The van der Waals surface area contributed by atoms with E-state index in [1.165, 1.54) is 10.6 Å². The number of carbonyl (C=O) groups excluding carboxylic acids is 2. The zero-order valence-electron chi connectivity index (χ0n) is 16.8. The first kappa shape index (κ1) is 32.7. The van der Waals surface area contributed by atoms with E-state index in [1.807, 2.05) is 0 Å². The molecule has 18 heteroatoms. The molecule has 0 aromatic rings. The first-order valence-corrected chi connectivity index (χ1v) is 10.0. The largest absolute Gasteiger partial charge is 0.395 e. The number of amides is 2. The van der Waals surface area contributed by atoms with Crippen LogP contribution in [0.4, 0.5) is 52.7 Å². The standard InChI is InChI=1S/C16H18Cl2F12N2O2/c17-15(27,28)13(23,24)11(19,20)9(33)31-7-5-3-1-2-4-6-8-32-10(34)12(21,22)14(25,26)16(18,29)30/h1-8H2,(H,31,33)(H,32,34). The molecule has 0 aromatic heterocycles. The Morgan fingerprint density at radius 1 is 0.500 bits per heavy atom. The van der Waals surface area contributed by atoms with E-state index in [-0.39, 0.29) is 25.7 Å². The molecule has 0 aliphatic rings. The highest BCUT2D eigenvalue weighted by atomic mass is 35.5. The normalized spacial score (nSPS) is 14.2. The first-order valence-electron chi connectivity index (χ1n) is 9.26. The van der Waals surface area contributed by atoms with Crippen molar-refractivity contribution in [2.45, 2.75) is 73.0 Å². The minimum atomic E-state index is -6.15. The number of hydrogen-bond donors (Lipinski definition) is 2. The molecule has 0 saturated carbocycles. The maximum atomic E-state index is 13.2. The second-order valence-corrected chi connectivity index (χ2v) is 7.88. The van der Waals surface area contributed by atoms with Crippen LogP contribution in [0.5, 0.6) is 0 Å². The summed E-state index contributed by atoms with van der Waals surface area (Å²) in [5.41, 5.74) is 0. The summed E-state index contributed by atoms with van der Waals surface area (Å²) >= 11 is 7.83. The van der Waals surface area contributed by atoms with Crippen LogP contribution in [0, 0.1) is 0 Å². The second kappa shape index (κ2) is 11.6. The van der Waals surface area contributed by atoms with Crippen molar-refractivity contribution >= 4 is 35.0 Å². The summed E-state index contributed by atoms with van der Waals surface area (Å²) in [6.07, 6.45) is 0.932. The number of hydrogen-bond acceptors (Lipinski definition) is 2. The second-order valence-electron chi connectivity index (χ2n) is 6.93. The number of rotatable bonds is 15. The van der Waals surface area contributed by atoms with Crippen LogP contribution < -0.4 is 10.6 Å². The lowest BCUT2D eigenvalue weighted by atomic mass is 10.1. The van der Waals surface area contributed by atoms with Gasteiger partial charge < -0.3 is 10.6 Å². The molecule has 0 fully saturated rings. The van der Waals surface area contributed by atoms with Gasteiger partial charge in [-0.05, 0) is 36.0 Å². The van der Waals surface area contributed by atoms with Gasteiger partial charge in [-0.25, -0.2) is 0 Å². The summed E-state index contributed by atoms with van der Waals surface area (Å²) in [6.45, 7) is -1.16. The van der Waals surface area contributed by atoms with E-state index >= 15 is 0 Å². The minimum absolute atomic E-state index is 0.0463. The van der Waals surface area contributed by atoms with Gasteiger partial charge in [0.25, 0.3) is 11.8 Å². The van der Waals surface area contributed by atoms with Crippen molar-refractivity contribution in [2.75, 3.05) is 13.1 Å². The molecule has 0 bridgehead atoms. The molecule has 0 aliphatic carbocycles. The van der Waals surface area contributed by atoms with Crippen LogP contribution in [0.3, 0.4) is 0 Å². The van der Waals surface area contributed by atoms with Crippen LogP contribution in [0.1, 0.15) is 38.5 Å². The SMILES string of the molecule is O=C(NCCCCCCCCNC(=O)C(F)(F)C(F)(F)C(F)(F)Cl)C(F)(F)C(F)(F)C(F)(F)Cl. The van der Waals surface area contributed by atoms with E-state index in [9.17, 15) is 62.3 Å². The van der Waals surface area contributed by atoms with Gasteiger partial charge in [-0.2, -0.15) is 52.7 Å². The quantitative estimate of drug-likeness (QED) is 0.150. The fraction of sp³-hybridized carbons (Fsp3) is 0.875. The van der Waals surface area contributed by atoms with Crippen LogP contribution in [0.15, 0.2) is 0 Å². The van der Waals surface area contributed by atoms with Gasteiger partial charge in [0.05, 0.1) is 0 Å². The Hall–Kier alpha value is -1.32. The van der Waals surface area contributed by atoms with Crippen molar-refractivity contribution in [2.24, 2.45) is 0 Å².